The molecule has 0 amide bonds. The Hall–Kier alpha value is -0.810. The molecule has 0 heterocycles. The average molecular weight is 166 g/mol. The van der Waals surface area contributed by atoms with Crippen LogP contribution in [0, 0.1) is 5.92 Å². The highest BCUT2D eigenvalue weighted by atomic mass is 16.1. The van der Waals surface area contributed by atoms with Gasteiger partial charge in [-0.2, -0.15) is 0 Å². The Morgan fingerprint density at radius 2 is 2.17 bits per heavy atom. The molecule has 0 aliphatic rings. The monoisotopic (exact) mass is 166 g/mol. The van der Waals surface area contributed by atoms with E-state index in [1.165, 1.54) is 19.3 Å². The summed E-state index contributed by atoms with van der Waals surface area (Å²) in [5, 5.41) is 0. The SMILES string of the molecule is CCCCCC=C=CC(C)C=O. The molecule has 0 saturated heterocycles. The van der Waals surface area contributed by atoms with Crippen LogP contribution in [0.25, 0.3) is 0 Å². The van der Waals surface area contributed by atoms with Crippen LogP contribution in [0.1, 0.15) is 39.5 Å². The van der Waals surface area contributed by atoms with Gasteiger partial charge in [0.25, 0.3) is 0 Å². The summed E-state index contributed by atoms with van der Waals surface area (Å²) in [6, 6.07) is 0. The van der Waals surface area contributed by atoms with Gasteiger partial charge in [0.1, 0.15) is 6.29 Å². The Labute approximate surface area is 75.2 Å². The van der Waals surface area contributed by atoms with Crippen molar-refractivity contribution in [2.75, 3.05) is 0 Å². The van der Waals surface area contributed by atoms with Crippen LogP contribution in [0.15, 0.2) is 17.9 Å². The third kappa shape index (κ3) is 7.30. The molecule has 0 aromatic heterocycles. The summed E-state index contributed by atoms with van der Waals surface area (Å²) >= 11 is 0. The molecule has 1 unspecified atom stereocenters. The lowest BCUT2D eigenvalue weighted by Crippen LogP contribution is -1.86. The minimum atomic E-state index is 0.00688. The predicted octanol–water partition coefficient (Wildman–Crippen LogP) is 3.11. The fourth-order valence-corrected chi connectivity index (χ4v) is 0.839. The molecule has 0 bridgehead atoms. The highest BCUT2D eigenvalue weighted by Gasteiger charge is 1.87. The summed E-state index contributed by atoms with van der Waals surface area (Å²) in [6.45, 7) is 4.05. The Bertz CT molecular complexity index is 164. The summed E-state index contributed by atoms with van der Waals surface area (Å²) in [4.78, 5) is 10.2. The van der Waals surface area contributed by atoms with Gasteiger partial charge >= 0.3 is 0 Å². The first-order valence-corrected chi connectivity index (χ1v) is 4.67. The molecule has 1 atom stereocenters. The van der Waals surface area contributed by atoms with Gasteiger partial charge in [0.2, 0.25) is 0 Å². The van der Waals surface area contributed by atoms with Crippen molar-refractivity contribution in [1.29, 1.82) is 0 Å². The maximum absolute atomic E-state index is 10.2. The van der Waals surface area contributed by atoms with Crippen LogP contribution in [-0.4, -0.2) is 6.29 Å². The number of carbonyl (C=O) groups excluding carboxylic acids is 1. The molecule has 12 heavy (non-hydrogen) atoms. The Kier molecular flexibility index (Phi) is 7.73. The van der Waals surface area contributed by atoms with Crippen molar-refractivity contribution < 1.29 is 4.79 Å². The standard InChI is InChI=1S/C11H18O/c1-3-4-5-6-7-8-9-11(2)10-12/h7,9-11H,3-6H2,1-2H3. The van der Waals surface area contributed by atoms with Crippen molar-refractivity contribution in [3.8, 4) is 0 Å². The Balaban J connectivity index is 3.46. The van der Waals surface area contributed by atoms with Crippen molar-refractivity contribution in [3.63, 3.8) is 0 Å². The number of carbonyl (C=O) groups is 1. The van der Waals surface area contributed by atoms with E-state index in [9.17, 15) is 4.79 Å². The first-order chi connectivity index (χ1) is 5.81. The number of hydrogen-bond acceptors (Lipinski definition) is 1. The number of aldehydes is 1. The lowest BCUT2D eigenvalue weighted by Gasteiger charge is -1.89. The molecule has 0 saturated carbocycles. The van der Waals surface area contributed by atoms with Crippen LogP contribution in [0.3, 0.4) is 0 Å². The van der Waals surface area contributed by atoms with Gasteiger partial charge in [-0.3, -0.25) is 0 Å². The summed E-state index contributed by atoms with van der Waals surface area (Å²) in [5.74, 6) is 0.00688. The van der Waals surface area contributed by atoms with E-state index in [-0.39, 0.29) is 5.92 Å². The molecular formula is C11H18O. The zero-order valence-corrected chi connectivity index (χ0v) is 8.05. The van der Waals surface area contributed by atoms with Crippen LogP contribution in [0.4, 0.5) is 0 Å². The first kappa shape index (κ1) is 11.2. The Morgan fingerprint density at radius 3 is 2.75 bits per heavy atom. The molecule has 0 aromatic carbocycles. The van der Waals surface area contributed by atoms with E-state index in [4.69, 9.17) is 0 Å². The van der Waals surface area contributed by atoms with Gasteiger partial charge in [-0.25, -0.2) is 0 Å². The molecular weight excluding hydrogens is 148 g/mol. The number of hydrogen-bond donors (Lipinski definition) is 0. The van der Waals surface area contributed by atoms with E-state index in [1.54, 1.807) is 6.08 Å². The van der Waals surface area contributed by atoms with Crippen molar-refractivity contribution in [2.45, 2.75) is 39.5 Å². The highest BCUT2D eigenvalue weighted by molar-refractivity contribution is 5.55. The maximum Gasteiger partial charge on any atom is 0.127 e. The van der Waals surface area contributed by atoms with Gasteiger partial charge in [0.05, 0.1) is 0 Å². The molecule has 0 spiro atoms. The minimum absolute atomic E-state index is 0.00688. The second kappa shape index (κ2) is 8.29. The van der Waals surface area contributed by atoms with Crippen molar-refractivity contribution in [2.24, 2.45) is 5.92 Å². The molecule has 0 aromatic rings. The molecule has 0 N–H and O–H groups in total. The molecule has 0 rings (SSSR count). The molecule has 1 nitrogen and oxygen atoms in total. The minimum Gasteiger partial charge on any atom is -0.303 e. The third-order valence-electron chi connectivity index (χ3n) is 1.64. The summed E-state index contributed by atoms with van der Waals surface area (Å²) in [7, 11) is 0. The second-order valence-electron chi connectivity index (χ2n) is 3.03. The van der Waals surface area contributed by atoms with Crippen LogP contribution in [0.2, 0.25) is 0 Å². The van der Waals surface area contributed by atoms with Gasteiger partial charge in [0, 0.05) is 5.92 Å². The lowest BCUT2D eigenvalue weighted by atomic mass is 10.2. The summed E-state index contributed by atoms with van der Waals surface area (Å²) in [6.07, 6.45) is 9.58. The van der Waals surface area contributed by atoms with Crippen molar-refractivity contribution >= 4 is 6.29 Å². The van der Waals surface area contributed by atoms with E-state index in [0.29, 0.717) is 0 Å². The quantitative estimate of drug-likeness (QED) is 0.336. The molecule has 0 radical (unpaired) electrons. The zero-order valence-electron chi connectivity index (χ0n) is 8.05. The van der Waals surface area contributed by atoms with E-state index in [2.05, 4.69) is 12.7 Å². The number of rotatable bonds is 6. The smallest absolute Gasteiger partial charge is 0.127 e. The first-order valence-electron chi connectivity index (χ1n) is 4.67. The van der Waals surface area contributed by atoms with Gasteiger partial charge in [0.15, 0.2) is 0 Å². The van der Waals surface area contributed by atoms with E-state index >= 15 is 0 Å². The second-order valence-corrected chi connectivity index (χ2v) is 3.03. The van der Waals surface area contributed by atoms with Crippen LogP contribution < -0.4 is 0 Å². The fourth-order valence-electron chi connectivity index (χ4n) is 0.839. The number of unbranched alkanes of at least 4 members (excludes halogenated alkanes) is 3. The zero-order chi connectivity index (χ0) is 9.23. The topological polar surface area (TPSA) is 17.1 Å². The van der Waals surface area contributed by atoms with Gasteiger partial charge < -0.3 is 4.79 Å². The molecule has 68 valence electrons. The highest BCUT2D eigenvalue weighted by Crippen LogP contribution is 1.99. The lowest BCUT2D eigenvalue weighted by molar-refractivity contribution is -0.109. The van der Waals surface area contributed by atoms with Gasteiger partial charge in [-0.15, -0.1) is 5.73 Å². The molecule has 0 fully saturated rings. The molecule has 0 aliphatic heterocycles. The van der Waals surface area contributed by atoms with Gasteiger partial charge in [-0.1, -0.05) is 26.7 Å². The number of allylic oxidation sites excluding steroid dienone is 1. The predicted molar refractivity (Wildman–Crippen MR) is 52.0 cm³/mol. The van der Waals surface area contributed by atoms with E-state index in [0.717, 1.165) is 12.7 Å². The normalized spacial score (nSPS) is 11.5. The molecule has 0 aliphatic carbocycles. The van der Waals surface area contributed by atoms with Crippen LogP contribution >= 0.6 is 0 Å². The van der Waals surface area contributed by atoms with Crippen molar-refractivity contribution in [3.05, 3.63) is 17.9 Å². The van der Waals surface area contributed by atoms with E-state index in [1.807, 2.05) is 13.0 Å². The molecule has 1 heteroatoms. The summed E-state index contributed by atoms with van der Waals surface area (Å²) < 4.78 is 0. The largest absolute Gasteiger partial charge is 0.303 e. The van der Waals surface area contributed by atoms with Crippen LogP contribution in [-0.2, 0) is 4.79 Å². The van der Waals surface area contributed by atoms with Crippen LogP contribution in [0.5, 0.6) is 0 Å². The van der Waals surface area contributed by atoms with Crippen molar-refractivity contribution in [1.82, 2.24) is 0 Å². The summed E-state index contributed by atoms with van der Waals surface area (Å²) in [5.41, 5.74) is 3.01. The maximum atomic E-state index is 10.2. The van der Waals surface area contributed by atoms with E-state index < -0.39 is 0 Å². The Morgan fingerprint density at radius 1 is 1.42 bits per heavy atom. The fraction of sp³-hybridized carbons (Fsp3) is 0.636. The van der Waals surface area contributed by atoms with Gasteiger partial charge in [-0.05, 0) is 25.0 Å². The third-order valence-corrected chi connectivity index (χ3v) is 1.64. The average Bonchev–Trinajstić information content (AvgIpc) is 2.10.